The van der Waals surface area contributed by atoms with Crippen LogP contribution < -0.4 is 0 Å². The zero-order chi connectivity index (χ0) is 13.4. The summed E-state index contributed by atoms with van der Waals surface area (Å²) in [6.07, 6.45) is 0. The molecule has 3 rings (SSSR count). The Hall–Kier alpha value is -2.55. The molecule has 3 aromatic rings. The Morgan fingerprint density at radius 3 is 2.58 bits per heavy atom. The fraction of sp³-hybridized carbons (Fsp3) is 0.0625. The lowest BCUT2D eigenvalue weighted by atomic mass is 10.0. The fourth-order valence-corrected chi connectivity index (χ4v) is 2.26. The first-order valence-electron chi connectivity index (χ1n) is 6.08. The molecule has 0 radical (unpaired) electrons. The Kier molecular flexibility index (Phi) is 2.60. The molecule has 0 unspecified atom stereocenters. The molecule has 3 heteroatoms. The van der Waals surface area contributed by atoms with E-state index in [-0.39, 0.29) is 11.7 Å². The smallest absolute Gasteiger partial charge is 0.200 e. The van der Waals surface area contributed by atoms with Gasteiger partial charge in [-0.2, -0.15) is 0 Å². The molecule has 0 bridgehead atoms. The number of hydrogen-bond acceptors (Lipinski definition) is 2. The van der Waals surface area contributed by atoms with E-state index in [2.05, 4.69) is 4.98 Å². The number of ketones is 1. The predicted molar refractivity (Wildman–Crippen MR) is 74.6 cm³/mol. The number of H-pyrrole nitrogens is 1. The average molecular weight is 251 g/mol. The third kappa shape index (κ3) is 1.89. The number of aromatic hydroxyl groups is 1. The Morgan fingerprint density at radius 1 is 1.11 bits per heavy atom. The molecular formula is C16H13NO2. The van der Waals surface area contributed by atoms with Gasteiger partial charge >= 0.3 is 0 Å². The van der Waals surface area contributed by atoms with Crippen molar-refractivity contribution in [2.24, 2.45) is 0 Å². The van der Waals surface area contributed by atoms with Crippen LogP contribution in [0.5, 0.6) is 5.88 Å². The van der Waals surface area contributed by atoms with Crippen molar-refractivity contribution in [2.45, 2.75) is 6.92 Å². The molecule has 0 aliphatic heterocycles. The number of hydrogen-bond donors (Lipinski definition) is 2. The molecule has 19 heavy (non-hydrogen) atoms. The maximum absolute atomic E-state index is 12.4. The highest BCUT2D eigenvalue weighted by molar-refractivity contribution is 6.18. The van der Waals surface area contributed by atoms with E-state index in [1.54, 1.807) is 12.1 Å². The van der Waals surface area contributed by atoms with Crippen molar-refractivity contribution in [3.05, 3.63) is 65.2 Å². The van der Waals surface area contributed by atoms with Gasteiger partial charge in [-0.25, -0.2) is 0 Å². The van der Waals surface area contributed by atoms with Crippen molar-refractivity contribution in [3.8, 4) is 5.88 Å². The molecule has 1 aromatic heterocycles. The van der Waals surface area contributed by atoms with Crippen LogP contribution in [0.3, 0.4) is 0 Å². The van der Waals surface area contributed by atoms with Crippen LogP contribution in [0, 0.1) is 6.92 Å². The van der Waals surface area contributed by atoms with Gasteiger partial charge in [0.2, 0.25) is 5.88 Å². The molecule has 0 saturated carbocycles. The van der Waals surface area contributed by atoms with Crippen molar-refractivity contribution < 1.29 is 9.90 Å². The molecule has 0 amide bonds. The second-order valence-electron chi connectivity index (χ2n) is 4.59. The van der Waals surface area contributed by atoms with Gasteiger partial charge < -0.3 is 10.1 Å². The summed E-state index contributed by atoms with van der Waals surface area (Å²) in [5.74, 6) is -0.248. The number of nitrogens with one attached hydrogen (secondary N) is 1. The molecule has 0 atom stereocenters. The van der Waals surface area contributed by atoms with E-state index in [1.807, 2.05) is 43.3 Å². The minimum atomic E-state index is -0.173. The summed E-state index contributed by atoms with van der Waals surface area (Å²) in [5.41, 5.74) is 2.75. The number of aryl methyl sites for hydroxylation is 1. The van der Waals surface area contributed by atoms with E-state index in [9.17, 15) is 9.90 Å². The van der Waals surface area contributed by atoms with Crippen LogP contribution in [-0.4, -0.2) is 15.9 Å². The van der Waals surface area contributed by atoms with Crippen LogP contribution in [0.25, 0.3) is 10.9 Å². The molecule has 2 N–H and O–H groups in total. The minimum absolute atomic E-state index is 0.0746. The van der Waals surface area contributed by atoms with Crippen molar-refractivity contribution in [1.29, 1.82) is 0 Å². The summed E-state index contributed by atoms with van der Waals surface area (Å²) in [5, 5.41) is 10.7. The van der Waals surface area contributed by atoms with E-state index in [1.165, 1.54) is 0 Å². The first-order chi connectivity index (χ1) is 9.16. The molecule has 0 fully saturated rings. The third-order valence-corrected chi connectivity index (χ3v) is 3.20. The van der Waals surface area contributed by atoms with E-state index < -0.39 is 0 Å². The first-order valence-corrected chi connectivity index (χ1v) is 6.08. The topological polar surface area (TPSA) is 53.1 Å². The Bertz CT molecular complexity index is 757. The quantitative estimate of drug-likeness (QED) is 0.686. The number of fused-ring (bicyclic) bond motifs is 1. The lowest BCUT2D eigenvalue weighted by Crippen LogP contribution is -2.00. The van der Waals surface area contributed by atoms with Crippen molar-refractivity contribution >= 4 is 16.7 Å². The van der Waals surface area contributed by atoms with Gasteiger partial charge in [-0.05, 0) is 18.6 Å². The average Bonchev–Trinajstić information content (AvgIpc) is 2.74. The van der Waals surface area contributed by atoms with Crippen molar-refractivity contribution in [3.63, 3.8) is 0 Å². The van der Waals surface area contributed by atoms with E-state index >= 15 is 0 Å². The molecule has 2 aromatic carbocycles. The molecule has 3 nitrogen and oxygen atoms in total. The van der Waals surface area contributed by atoms with Gasteiger partial charge in [0.15, 0.2) is 5.78 Å². The number of rotatable bonds is 2. The summed E-state index contributed by atoms with van der Waals surface area (Å²) in [7, 11) is 0. The van der Waals surface area contributed by atoms with Crippen LogP contribution >= 0.6 is 0 Å². The monoisotopic (exact) mass is 251 g/mol. The van der Waals surface area contributed by atoms with Gasteiger partial charge in [-0.15, -0.1) is 0 Å². The van der Waals surface area contributed by atoms with Crippen LogP contribution in [0.4, 0.5) is 0 Å². The summed E-state index contributed by atoms with van der Waals surface area (Å²) in [4.78, 5) is 15.3. The van der Waals surface area contributed by atoms with E-state index in [0.29, 0.717) is 11.1 Å². The summed E-state index contributed by atoms with van der Waals surface area (Å²) < 4.78 is 0. The standard InChI is InChI=1S/C16H13NO2/c1-10-7-8-12-13(9-10)17-16(19)14(12)15(18)11-5-3-2-4-6-11/h2-9,17,19H,1H3. The van der Waals surface area contributed by atoms with Gasteiger partial charge in [0.05, 0.1) is 5.56 Å². The highest BCUT2D eigenvalue weighted by Crippen LogP contribution is 2.29. The summed E-state index contributed by atoms with van der Waals surface area (Å²) in [6.45, 7) is 1.97. The normalized spacial score (nSPS) is 10.8. The SMILES string of the molecule is Cc1ccc2c(C(=O)c3ccccc3)c(O)[nH]c2c1. The van der Waals surface area contributed by atoms with Gasteiger partial charge in [0.1, 0.15) is 0 Å². The molecule has 0 saturated heterocycles. The fourth-order valence-electron chi connectivity index (χ4n) is 2.26. The van der Waals surface area contributed by atoms with Gasteiger partial charge in [0.25, 0.3) is 0 Å². The molecule has 1 heterocycles. The van der Waals surface area contributed by atoms with Gasteiger partial charge in [-0.1, -0.05) is 42.5 Å². The van der Waals surface area contributed by atoms with Crippen LogP contribution in [0.2, 0.25) is 0 Å². The number of aromatic nitrogens is 1. The predicted octanol–water partition coefficient (Wildman–Crippen LogP) is 3.41. The zero-order valence-corrected chi connectivity index (χ0v) is 10.5. The van der Waals surface area contributed by atoms with Crippen molar-refractivity contribution in [1.82, 2.24) is 4.98 Å². The number of carbonyl (C=O) groups is 1. The van der Waals surface area contributed by atoms with Crippen LogP contribution in [0.15, 0.2) is 48.5 Å². The lowest BCUT2D eigenvalue weighted by Gasteiger charge is -2.00. The van der Waals surface area contributed by atoms with Crippen LogP contribution in [0.1, 0.15) is 21.5 Å². The second kappa shape index (κ2) is 4.28. The second-order valence-corrected chi connectivity index (χ2v) is 4.59. The first kappa shape index (κ1) is 11.5. The third-order valence-electron chi connectivity index (χ3n) is 3.20. The maximum atomic E-state index is 12.4. The molecule has 94 valence electrons. The summed E-state index contributed by atoms with van der Waals surface area (Å²) >= 11 is 0. The Balaban J connectivity index is 2.20. The van der Waals surface area contributed by atoms with Gasteiger partial charge in [0, 0.05) is 16.5 Å². The van der Waals surface area contributed by atoms with E-state index in [0.717, 1.165) is 16.5 Å². The molecule has 0 aliphatic carbocycles. The minimum Gasteiger partial charge on any atom is -0.494 e. The Labute approximate surface area is 110 Å². The largest absolute Gasteiger partial charge is 0.494 e. The number of carbonyl (C=O) groups excluding carboxylic acids is 1. The van der Waals surface area contributed by atoms with E-state index in [4.69, 9.17) is 0 Å². The molecule has 0 spiro atoms. The zero-order valence-electron chi connectivity index (χ0n) is 10.5. The van der Waals surface area contributed by atoms with Crippen molar-refractivity contribution in [2.75, 3.05) is 0 Å². The highest BCUT2D eigenvalue weighted by Gasteiger charge is 2.19. The van der Waals surface area contributed by atoms with Crippen LogP contribution in [-0.2, 0) is 0 Å². The highest BCUT2D eigenvalue weighted by atomic mass is 16.3. The summed E-state index contributed by atoms with van der Waals surface area (Å²) in [6, 6.07) is 14.7. The lowest BCUT2D eigenvalue weighted by molar-refractivity contribution is 0.103. The molecule has 0 aliphatic rings. The number of aromatic amines is 1. The maximum Gasteiger partial charge on any atom is 0.200 e. The number of benzene rings is 2. The Morgan fingerprint density at radius 2 is 1.84 bits per heavy atom. The molecular weight excluding hydrogens is 238 g/mol. The van der Waals surface area contributed by atoms with Gasteiger partial charge in [-0.3, -0.25) is 4.79 Å².